The van der Waals surface area contributed by atoms with Crippen LogP contribution in [0.25, 0.3) is 0 Å². The molecule has 0 heterocycles. The van der Waals surface area contributed by atoms with E-state index in [2.05, 4.69) is 48.5 Å². The summed E-state index contributed by atoms with van der Waals surface area (Å²) in [5.41, 5.74) is 0. The minimum absolute atomic E-state index is 0.619. The normalized spacial score (nSPS) is 17.5. The molecule has 0 bridgehead atoms. The average molecular weight is 235 g/mol. The van der Waals surface area contributed by atoms with Crippen molar-refractivity contribution in [1.29, 1.82) is 0 Å². The minimum Gasteiger partial charge on any atom is -0.241 e. The van der Waals surface area contributed by atoms with Crippen LogP contribution in [-0.4, -0.2) is 16.4 Å². The standard InChI is InChI=1S/C14H21NS/c1-12(2)15(13-8-6-7-9-13)16-14-10-4-3-5-11-14/h3-5,10-13H,6-9H2,1-2H3. The smallest absolute Gasteiger partial charge is 0.0230 e. The Bertz CT molecular complexity index is 304. The Morgan fingerprint density at radius 1 is 1.12 bits per heavy atom. The fraction of sp³-hybridized carbons (Fsp3) is 0.571. The maximum Gasteiger partial charge on any atom is 0.0230 e. The van der Waals surface area contributed by atoms with E-state index in [9.17, 15) is 0 Å². The molecule has 1 saturated carbocycles. The van der Waals surface area contributed by atoms with Crippen LogP contribution in [0.2, 0.25) is 0 Å². The lowest BCUT2D eigenvalue weighted by Gasteiger charge is -2.31. The Kier molecular flexibility index (Phi) is 4.30. The van der Waals surface area contributed by atoms with Gasteiger partial charge in [0.2, 0.25) is 0 Å². The van der Waals surface area contributed by atoms with Crippen molar-refractivity contribution in [3.05, 3.63) is 30.3 Å². The molecule has 0 radical (unpaired) electrons. The molecule has 1 aliphatic carbocycles. The van der Waals surface area contributed by atoms with Gasteiger partial charge < -0.3 is 0 Å². The molecule has 1 aliphatic rings. The van der Waals surface area contributed by atoms with Crippen LogP contribution in [0.3, 0.4) is 0 Å². The molecule has 1 nitrogen and oxygen atoms in total. The molecule has 88 valence electrons. The molecule has 1 fully saturated rings. The van der Waals surface area contributed by atoms with Crippen molar-refractivity contribution in [2.75, 3.05) is 0 Å². The highest BCUT2D eigenvalue weighted by Crippen LogP contribution is 2.33. The number of rotatable bonds is 4. The summed E-state index contributed by atoms with van der Waals surface area (Å²) >= 11 is 1.93. The quantitative estimate of drug-likeness (QED) is 0.714. The fourth-order valence-corrected chi connectivity index (χ4v) is 3.46. The third kappa shape index (κ3) is 3.02. The zero-order valence-corrected chi connectivity index (χ0v) is 11.0. The molecule has 1 aromatic rings. The van der Waals surface area contributed by atoms with Gasteiger partial charge in [0.05, 0.1) is 0 Å². The van der Waals surface area contributed by atoms with Crippen LogP contribution in [0.5, 0.6) is 0 Å². The Balaban J connectivity index is 2.02. The molecular weight excluding hydrogens is 214 g/mol. The van der Waals surface area contributed by atoms with Gasteiger partial charge in [0.15, 0.2) is 0 Å². The summed E-state index contributed by atoms with van der Waals surface area (Å²) in [6.45, 7) is 4.60. The van der Waals surface area contributed by atoms with Gasteiger partial charge in [-0.3, -0.25) is 0 Å². The van der Waals surface area contributed by atoms with Crippen LogP contribution < -0.4 is 0 Å². The number of hydrogen-bond donors (Lipinski definition) is 0. The first-order valence-electron chi connectivity index (χ1n) is 6.28. The maximum atomic E-state index is 2.59. The monoisotopic (exact) mass is 235 g/mol. The SMILES string of the molecule is CC(C)N(Sc1ccccc1)C1CCCC1. The van der Waals surface area contributed by atoms with E-state index in [-0.39, 0.29) is 0 Å². The lowest BCUT2D eigenvalue weighted by molar-refractivity contribution is 0.304. The van der Waals surface area contributed by atoms with E-state index < -0.39 is 0 Å². The third-order valence-corrected chi connectivity index (χ3v) is 4.56. The summed E-state index contributed by atoms with van der Waals surface area (Å²) in [7, 11) is 0. The van der Waals surface area contributed by atoms with Crippen molar-refractivity contribution in [3.8, 4) is 0 Å². The highest BCUT2D eigenvalue weighted by atomic mass is 32.2. The second kappa shape index (κ2) is 5.74. The first kappa shape index (κ1) is 12.0. The minimum atomic E-state index is 0.619. The molecule has 1 aromatic carbocycles. The van der Waals surface area contributed by atoms with Gasteiger partial charge in [-0.2, -0.15) is 0 Å². The Labute approximate surface area is 103 Å². The topological polar surface area (TPSA) is 3.24 Å². The maximum absolute atomic E-state index is 2.59. The van der Waals surface area contributed by atoms with Crippen LogP contribution in [0, 0.1) is 0 Å². The summed E-state index contributed by atoms with van der Waals surface area (Å²) in [5.74, 6) is 0. The predicted molar refractivity (Wildman–Crippen MR) is 71.5 cm³/mol. The summed E-state index contributed by atoms with van der Waals surface area (Å²) < 4.78 is 2.59. The summed E-state index contributed by atoms with van der Waals surface area (Å²) in [5, 5.41) is 0. The zero-order valence-electron chi connectivity index (χ0n) is 10.2. The fourth-order valence-electron chi connectivity index (χ4n) is 2.36. The first-order valence-corrected chi connectivity index (χ1v) is 7.06. The summed E-state index contributed by atoms with van der Waals surface area (Å²) in [6, 6.07) is 12.1. The van der Waals surface area contributed by atoms with E-state index in [0.29, 0.717) is 6.04 Å². The van der Waals surface area contributed by atoms with E-state index in [1.807, 2.05) is 11.9 Å². The predicted octanol–water partition coefficient (Wildman–Crippen LogP) is 4.35. The van der Waals surface area contributed by atoms with E-state index in [4.69, 9.17) is 0 Å². The van der Waals surface area contributed by atoms with Gasteiger partial charge in [-0.25, -0.2) is 4.31 Å². The molecule has 2 heteroatoms. The van der Waals surface area contributed by atoms with Gasteiger partial charge in [-0.15, -0.1) is 0 Å². The Hall–Kier alpha value is -0.470. The largest absolute Gasteiger partial charge is 0.241 e. The second-order valence-electron chi connectivity index (χ2n) is 4.80. The van der Waals surface area contributed by atoms with Gasteiger partial charge in [0.1, 0.15) is 0 Å². The van der Waals surface area contributed by atoms with Crippen LogP contribution in [0.4, 0.5) is 0 Å². The highest BCUT2D eigenvalue weighted by Gasteiger charge is 2.25. The van der Waals surface area contributed by atoms with Gasteiger partial charge in [-0.05, 0) is 50.8 Å². The van der Waals surface area contributed by atoms with E-state index >= 15 is 0 Å². The second-order valence-corrected chi connectivity index (χ2v) is 5.87. The molecule has 0 saturated heterocycles. The lowest BCUT2D eigenvalue weighted by Crippen LogP contribution is -2.32. The molecule has 0 unspecified atom stereocenters. The molecule has 16 heavy (non-hydrogen) atoms. The van der Waals surface area contributed by atoms with Crippen LogP contribution >= 0.6 is 11.9 Å². The van der Waals surface area contributed by atoms with Crippen molar-refractivity contribution in [1.82, 2.24) is 4.31 Å². The zero-order chi connectivity index (χ0) is 11.4. The number of hydrogen-bond acceptors (Lipinski definition) is 2. The Morgan fingerprint density at radius 2 is 1.75 bits per heavy atom. The molecule has 0 aliphatic heterocycles. The summed E-state index contributed by atoms with van der Waals surface area (Å²) in [4.78, 5) is 1.36. The number of nitrogens with zero attached hydrogens (tertiary/aromatic N) is 1. The number of benzene rings is 1. The van der Waals surface area contributed by atoms with Gasteiger partial charge in [-0.1, -0.05) is 31.0 Å². The molecule has 0 spiro atoms. The van der Waals surface area contributed by atoms with Gasteiger partial charge in [0.25, 0.3) is 0 Å². The molecule has 0 aromatic heterocycles. The van der Waals surface area contributed by atoms with E-state index in [0.717, 1.165) is 6.04 Å². The van der Waals surface area contributed by atoms with Crippen molar-refractivity contribution in [2.24, 2.45) is 0 Å². The van der Waals surface area contributed by atoms with Crippen LogP contribution in [0.15, 0.2) is 35.2 Å². The molecule has 0 atom stereocenters. The van der Waals surface area contributed by atoms with Crippen LogP contribution in [-0.2, 0) is 0 Å². The lowest BCUT2D eigenvalue weighted by atomic mass is 10.2. The Morgan fingerprint density at radius 3 is 2.31 bits per heavy atom. The molecule has 0 N–H and O–H groups in total. The first-order chi connectivity index (χ1) is 7.77. The van der Waals surface area contributed by atoms with Crippen molar-refractivity contribution in [3.63, 3.8) is 0 Å². The van der Waals surface area contributed by atoms with E-state index in [1.54, 1.807) is 0 Å². The van der Waals surface area contributed by atoms with Crippen molar-refractivity contribution >= 4 is 11.9 Å². The van der Waals surface area contributed by atoms with Gasteiger partial charge in [0, 0.05) is 17.0 Å². The summed E-state index contributed by atoms with van der Waals surface area (Å²) in [6.07, 6.45) is 5.56. The average Bonchev–Trinajstić information content (AvgIpc) is 2.80. The van der Waals surface area contributed by atoms with Gasteiger partial charge >= 0.3 is 0 Å². The van der Waals surface area contributed by atoms with Crippen LogP contribution in [0.1, 0.15) is 39.5 Å². The highest BCUT2D eigenvalue weighted by molar-refractivity contribution is 7.97. The molecular formula is C14H21NS. The molecule has 2 rings (SSSR count). The van der Waals surface area contributed by atoms with Crippen molar-refractivity contribution in [2.45, 2.75) is 56.5 Å². The van der Waals surface area contributed by atoms with Crippen molar-refractivity contribution < 1.29 is 0 Å². The third-order valence-electron chi connectivity index (χ3n) is 3.15. The molecule has 0 amide bonds. The van der Waals surface area contributed by atoms with E-state index in [1.165, 1.54) is 30.6 Å².